The van der Waals surface area contributed by atoms with Crippen molar-refractivity contribution in [1.29, 1.82) is 0 Å². The largest absolute Gasteiger partial charge is 0.393 e. The Kier molecular flexibility index (Phi) is 5.57. The van der Waals surface area contributed by atoms with E-state index in [1.54, 1.807) is 0 Å². The fourth-order valence-corrected chi connectivity index (χ4v) is 3.48. The maximum atomic E-state index is 10.1. The molecule has 0 bridgehead atoms. The van der Waals surface area contributed by atoms with Crippen molar-refractivity contribution < 1.29 is 5.11 Å². The minimum atomic E-state index is -0.0740. The normalized spacial score (nSPS) is 25.7. The fourth-order valence-electron chi connectivity index (χ4n) is 3.48. The summed E-state index contributed by atoms with van der Waals surface area (Å²) in [5, 5.41) is 10.1. The molecule has 1 heteroatoms. The lowest BCUT2D eigenvalue weighted by molar-refractivity contribution is 0.0873. The van der Waals surface area contributed by atoms with Crippen molar-refractivity contribution >= 4 is 0 Å². The number of hydrogen-bond acceptors (Lipinski definition) is 1. The van der Waals surface area contributed by atoms with Gasteiger partial charge in [-0.25, -0.2) is 0 Å². The van der Waals surface area contributed by atoms with Crippen LogP contribution in [-0.4, -0.2) is 11.2 Å². The van der Waals surface area contributed by atoms with Crippen molar-refractivity contribution in [2.24, 2.45) is 11.8 Å². The molecule has 2 rings (SSSR count). The summed E-state index contributed by atoms with van der Waals surface area (Å²) in [7, 11) is 0. The summed E-state index contributed by atoms with van der Waals surface area (Å²) in [6.07, 6.45) is 18.9. The monoisotopic (exact) mass is 236 g/mol. The maximum absolute atomic E-state index is 10.1. The van der Waals surface area contributed by atoms with Crippen LogP contribution in [0.4, 0.5) is 0 Å². The van der Waals surface area contributed by atoms with Crippen LogP contribution >= 0.6 is 0 Å². The molecule has 0 saturated heterocycles. The summed E-state index contributed by atoms with van der Waals surface area (Å²) in [4.78, 5) is 0. The van der Waals surface area contributed by atoms with Gasteiger partial charge in [0.2, 0.25) is 0 Å². The van der Waals surface area contributed by atoms with Crippen molar-refractivity contribution in [1.82, 2.24) is 0 Å². The Hall–Kier alpha value is -0.300. The molecule has 2 saturated carbocycles. The Morgan fingerprint density at radius 3 is 2.24 bits per heavy atom. The standard InChI is InChI=1S/C16H28O/c17-16(15-11-2-1-3-12-15)13-7-6-10-14-8-4-5-9-14/h6-7,14-17H,1-5,8-13H2. The molecule has 0 aromatic heterocycles. The number of rotatable bonds is 5. The van der Waals surface area contributed by atoms with E-state index in [2.05, 4.69) is 12.2 Å². The highest BCUT2D eigenvalue weighted by atomic mass is 16.3. The van der Waals surface area contributed by atoms with E-state index in [0.717, 1.165) is 12.3 Å². The van der Waals surface area contributed by atoms with Crippen LogP contribution < -0.4 is 0 Å². The van der Waals surface area contributed by atoms with Crippen LogP contribution in [-0.2, 0) is 0 Å². The second-order valence-corrected chi connectivity index (χ2v) is 6.06. The first kappa shape index (κ1) is 13.1. The van der Waals surface area contributed by atoms with Crippen molar-refractivity contribution in [3.8, 4) is 0 Å². The van der Waals surface area contributed by atoms with E-state index in [0.29, 0.717) is 5.92 Å². The third-order valence-corrected chi connectivity index (χ3v) is 4.68. The molecule has 0 aliphatic heterocycles. The SMILES string of the molecule is OC(CC=CCC1CCCC1)C1CCCCC1. The quantitative estimate of drug-likeness (QED) is 0.699. The van der Waals surface area contributed by atoms with Crippen LogP contribution in [0, 0.1) is 11.8 Å². The number of allylic oxidation sites excluding steroid dienone is 1. The van der Waals surface area contributed by atoms with Gasteiger partial charge in [0.05, 0.1) is 6.10 Å². The first-order valence-electron chi connectivity index (χ1n) is 7.69. The van der Waals surface area contributed by atoms with Gasteiger partial charge in [-0.05, 0) is 37.5 Å². The van der Waals surface area contributed by atoms with E-state index in [1.807, 2.05) is 0 Å². The average molecular weight is 236 g/mol. The lowest BCUT2D eigenvalue weighted by atomic mass is 9.84. The van der Waals surface area contributed by atoms with Crippen LogP contribution in [0.15, 0.2) is 12.2 Å². The molecular formula is C16H28O. The van der Waals surface area contributed by atoms with Gasteiger partial charge in [0.15, 0.2) is 0 Å². The Balaban J connectivity index is 1.60. The van der Waals surface area contributed by atoms with Crippen LogP contribution in [0.2, 0.25) is 0 Å². The summed E-state index contributed by atoms with van der Waals surface area (Å²) in [6.45, 7) is 0. The Labute approximate surface area is 106 Å². The lowest BCUT2D eigenvalue weighted by Gasteiger charge is -2.25. The molecule has 17 heavy (non-hydrogen) atoms. The highest BCUT2D eigenvalue weighted by molar-refractivity contribution is 4.89. The molecule has 1 nitrogen and oxygen atoms in total. The lowest BCUT2D eigenvalue weighted by Crippen LogP contribution is -2.22. The van der Waals surface area contributed by atoms with Crippen molar-refractivity contribution in [2.75, 3.05) is 0 Å². The van der Waals surface area contributed by atoms with Gasteiger partial charge >= 0.3 is 0 Å². The van der Waals surface area contributed by atoms with E-state index in [1.165, 1.54) is 64.2 Å². The molecule has 0 radical (unpaired) electrons. The molecule has 0 amide bonds. The van der Waals surface area contributed by atoms with Crippen molar-refractivity contribution in [2.45, 2.75) is 76.7 Å². The summed E-state index contributed by atoms with van der Waals surface area (Å²) in [5.41, 5.74) is 0. The molecule has 2 aliphatic rings. The highest BCUT2D eigenvalue weighted by Gasteiger charge is 2.20. The number of aliphatic hydroxyl groups is 1. The fraction of sp³-hybridized carbons (Fsp3) is 0.875. The first-order valence-corrected chi connectivity index (χ1v) is 7.69. The van der Waals surface area contributed by atoms with Gasteiger partial charge in [0.1, 0.15) is 0 Å². The first-order chi connectivity index (χ1) is 8.36. The zero-order valence-corrected chi connectivity index (χ0v) is 11.1. The smallest absolute Gasteiger partial charge is 0.0602 e. The minimum Gasteiger partial charge on any atom is -0.393 e. The van der Waals surface area contributed by atoms with Crippen molar-refractivity contribution in [3.63, 3.8) is 0 Å². The molecule has 0 aromatic carbocycles. The zero-order valence-electron chi connectivity index (χ0n) is 11.1. The van der Waals surface area contributed by atoms with Gasteiger partial charge in [-0.2, -0.15) is 0 Å². The second-order valence-electron chi connectivity index (χ2n) is 6.06. The minimum absolute atomic E-state index is 0.0740. The molecule has 1 N–H and O–H groups in total. The number of aliphatic hydroxyl groups excluding tert-OH is 1. The third kappa shape index (κ3) is 4.46. The van der Waals surface area contributed by atoms with Gasteiger partial charge < -0.3 is 5.11 Å². The predicted octanol–water partition coefficient (Wildman–Crippen LogP) is 4.45. The second kappa shape index (κ2) is 7.20. The molecule has 1 unspecified atom stereocenters. The average Bonchev–Trinajstić information content (AvgIpc) is 2.88. The van der Waals surface area contributed by atoms with Crippen LogP contribution in [0.25, 0.3) is 0 Å². The van der Waals surface area contributed by atoms with E-state index < -0.39 is 0 Å². The molecule has 0 aromatic rings. The highest BCUT2D eigenvalue weighted by Crippen LogP contribution is 2.29. The Bertz CT molecular complexity index is 222. The molecule has 1 atom stereocenters. The summed E-state index contributed by atoms with van der Waals surface area (Å²) in [5.74, 6) is 1.53. The molecule has 2 aliphatic carbocycles. The van der Waals surface area contributed by atoms with E-state index in [4.69, 9.17) is 0 Å². The molecule has 2 fully saturated rings. The van der Waals surface area contributed by atoms with Crippen LogP contribution in [0.3, 0.4) is 0 Å². The third-order valence-electron chi connectivity index (χ3n) is 4.68. The molecule has 98 valence electrons. The van der Waals surface area contributed by atoms with Gasteiger partial charge in [0, 0.05) is 0 Å². The van der Waals surface area contributed by atoms with E-state index in [9.17, 15) is 5.11 Å². The van der Waals surface area contributed by atoms with E-state index >= 15 is 0 Å². The van der Waals surface area contributed by atoms with Crippen LogP contribution in [0.5, 0.6) is 0 Å². The molecule has 0 heterocycles. The van der Waals surface area contributed by atoms with Gasteiger partial charge in [-0.1, -0.05) is 57.1 Å². The van der Waals surface area contributed by atoms with Gasteiger partial charge in [0.25, 0.3) is 0 Å². The predicted molar refractivity (Wildman–Crippen MR) is 72.9 cm³/mol. The summed E-state index contributed by atoms with van der Waals surface area (Å²) < 4.78 is 0. The van der Waals surface area contributed by atoms with Crippen LogP contribution in [0.1, 0.15) is 70.6 Å². The number of hydrogen-bond donors (Lipinski definition) is 1. The Morgan fingerprint density at radius 1 is 0.882 bits per heavy atom. The van der Waals surface area contributed by atoms with Gasteiger partial charge in [-0.15, -0.1) is 0 Å². The molecular weight excluding hydrogens is 208 g/mol. The van der Waals surface area contributed by atoms with E-state index in [-0.39, 0.29) is 6.10 Å². The van der Waals surface area contributed by atoms with Crippen molar-refractivity contribution in [3.05, 3.63) is 12.2 Å². The maximum Gasteiger partial charge on any atom is 0.0602 e. The van der Waals surface area contributed by atoms with Gasteiger partial charge in [-0.3, -0.25) is 0 Å². The zero-order chi connectivity index (χ0) is 11.9. The summed E-state index contributed by atoms with van der Waals surface area (Å²) >= 11 is 0. The summed E-state index contributed by atoms with van der Waals surface area (Å²) in [6, 6.07) is 0. The topological polar surface area (TPSA) is 20.2 Å². The Morgan fingerprint density at radius 2 is 1.53 bits per heavy atom. The molecule has 0 spiro atoms.